The lowest BCUT2D eigenvalue weighted by atomic mass is 10.0. The zero-order chi connectivity index (χ0) is 21.8. The summed E-state index contributed by atoms with van der Waals surface area (Å²) in [6.07, 6.45) is -3.88. The third-order valence-electron chi connectivity index (χ3n) is 3.32. The van der Waals surface area contributed by atoms with Crippen LogP contribution in [0.1, 0.15) is 25.8 Å². The molecule has 4 N–H and O–H groups in total. The van der Waals surface area contributed by atoms with Crippen molar-refractivity contribution in [1.29, 1.82) is 0 Å². The zero-order valence-electron chi connectivity index (χ0n) is 15.5. The number of aliphatic carboxylic acids is 1. The Bertz CT molecular complexity index is 624. The standard InChI is InChI=1S/C15H23N3O3.C2HF3O2/c1-15(2,14(20)17-10-6-9-16)18(12-19)21-11-13-7-4-3-5-8-13;3-2(4,5)1(6)7/h3-5,7-8,12H,6,9-11,16H2,1-2H3,(H,17,20);(H,6,7). The minimum atomic E-state index is -5.08. The van der Waals surface area contributed by atoms with Crippen LogP contribution in [0.5, 0.6) is 0 Å². The van der Waals surface area contributed by atoms with Crippen LogP contribution in [-0.2, 0) is 25.8 Å². The van der Waals surface area contributed by atoms with Crippen molar-refractivity contribution < 1.29 is 37.5 Å². The van der Waals surface area contributed by atoms with E-state index in [1.807, 2.05) is 30.3 Å². The normalized spacial score (nSPS) is 11.1. The molecule has 0 bridgehead atoms. The van der Waals surface area contributed by atoms with Gasteiger partial charge >= 0.3 is 12.1 Å². The fourth-order valence-electron chi connectivity index (χ4n) is 1.66. The minimum absolute atomic E-state index is 0.221. The lowest BCUT2D eigenvalue weighted by Crippen LogP contribution is -2.54. The van der Waals surface area contributed by atoms with Gasteiger partial charge in [0.2, 0.25) is 12.3 Å². The monoisotopic (exact) mass is 407 g/mol. The van der Waals surface area contributed by atoms with E-state index in [0.717, 1.165) is 10.6 Å². The predicted molar refractivity (Wildman–Crippen MR) is 93.6 cm³/mol. The van der Waals surface area contributed by atoms with Gasteiger partial charge < -0.3 is 16.2 Å². The van der Waals surface area contributed by atoms with E-state index in [0.29, 0.717) is 25.9 Å². The highest BCUT2D eigenvalue weighted by atomic mass is 19.4. The van der Waals surface area contributed by atoms with Gasteiger partial charge in [0, 0.05) is 6.54 Å². The Morgan fingerprint density at radius 3 is 2.21 bits per heavy atom. The Balaban J connectivity index is 0.000000887. The maximum Gasteiger partial charge on any atom is 0.490 e. The molecule has 0 aliphatic rings. The van der Waals surface area contributed by atoms with Gasteiger partial charge in [-0.3, -0.25) is 14.4 Å². The molecule has 2 amide bonds. The van der Waals surface area contributed by atoms with Crippen molar-refractivity contribution >= 4 is 18.3 Å². The number of alkyl halides is 3. The van der Waals surface area contributed by atoms with Gasteiger partial charge in [-0.15, -0.1) is 0 Å². The van der Waals surface area contributed by atoms with Crippen LogP contribution in [-0.4, -0.2) is 53.3 Å². The van der Waals surface area contributed by atoms with Gasteiger partial charge in [0.05, 0.1) is 0 Å². The molecule has 0 heterocycles. The number of rotatable bonds is 9. The molecule has 0 aliphatic carbocycles. The molecule has 11 heteroatoms. The largest absolute Gasteiger partial charge is 0.490 e. The summed E-state index contributed by atoms with van der Waals surface area (Å²) in [6, 6.07) is 9.44. The van der Waals surface area contributed by atoms with Gasteiger partial charge in [-0.2, -0.15) is 13.2 Å². The Morgan fingerprint density at radius 1 is 1.25 bits per heavy atom. The number of carbonyl (C=O) groups excluding carboxylic acids is 2. The number of benzene rings is 1. The number of nitrogens with zero attached hydrogens (tertiary/aromatic N) is 1. The van der Waals surface area contributed by atoms with Crippen LogP contribution in [0, 0.1) is 0 Å². The topological polar surface area (TPSA) is 122 Å². The first-order valence-electron chi connectivity index (χ1n) is 8.16. The Kier molecular flexibility index (Phi) is 10.8. The number of nitrogens with one attached hydrogen (secondary N) is 1. The van der Waals surface area contributed by atoms with Crippen LogP contribution in [0.4, 0.5) is 13.2 Å². The number of hydrogen-bond acceptors (Lipinski definition) is 5. The number of hydroxylamine groups is 2. The summed E-state index contributed by atoms with van der Waals surface area (Å²) in [5, 5.41) is 10.9. The van der Waals surface area contributed by atoms with Crippen molar-refractivity contribution in [1.82, 2.24) is 10.4 Å². The molecule has 0 saturated carbocycles. The fraction of sp³-hybridized carbons (Fsp3) is 0.471. The summed E-state index contributed by atoms with van der Waals surface area (Å²) >= 11 is 0. The summed E-state index contributed by atoms with van der Waals surface area (Å²) in [7, 11) is 0. The number of carboxylic acids is 1. The first kappa shape index (κ1) is 25.3. The molecule has 0 radical (unpaired) electrons. The smallest absolute Gasteiger partial charge is 0.475 e. The molecule has 0 saturated heterocycles. The molecule has 0 atom stereocenters. The van der Waals surface area contributed by atoms with Crippen molar-refractivity contribution in [3.63, 3.8) is 0 Å². The second-order valence-electron chi connectivity index (χ2n) is 5.95. The van der Waals surface area contributed by atoms with Crippen molar-refractivity contribution in [2.45, 2.75) is 38.6 Å². The van der Waals surface area contributed by atoms with E-state index in [2.05, 4.69) is 5.32 Å². The fourth-order valence-corrected chi connectivity index (χ4v) is 1.66. The highest BCUT2D eigenvalue weighted by molar-refractivity contribution is 5.86. The first-order valence-corrected chi connectivity index (χ1v) is 8.16. The van der Waals surface area contributed by atoms with Crippen LogP contribution < -0.4 is 11.1 Å². The van der Waals surface area contributed by atoms with Gasteiger partial charge in [0.25, 0.3) is 0 Å². The van der Waals surface area contributed by atoms with Crippen LogP contribution in [0.2, 0.25) is 0 Å². The molecular formula is C17H24F3N3O5. The van der Waals surface area contributed by atoms with Crippen LogP contribution in [0.3, 0.4) is 0 Å². The van der Waals surface area contributed by atoms with E-state index in [1.54, 1.807) is 13.8 Å². The van der Waals surface area contributed by atoms with Crippen LogP contribution >= 0.6 is 0 Å². The molecule has 0 aliphatic heterocycles. The molecule has 1 rings (SSSR count). The van der Waals surface area contributed by atoms with Crippen molar-refractivity contribution in [2.24, 2.45) is 5.73 Å². The quantitative estimate of drug-likeness (QED) is 0.324. The number of nitrogens with two attached hydrogens (primary N) is 1. The average molecular weight is 407 g/mol. The number of carbonyl (C=O) groups is 3. The molecule has 28 heavy (non-hydrogen) atoms. The second-order valence-corrected chi connectivity index (χ2v) is 5.95. The van der Waals surface area contributed by atoms with Gasteiger partial charge in [0.15, 0.2) is 0 Å². The predicted octanol–water partition coefficient (Wildman–Crippen LogP) is 1.45. The third kappa shape index (κ3) is 9.33. The molecule has 0 unspecified atom stereocenters. The van der Waals surface area contributed by atoms with Crippen LogP contribution in [0.25, 0.3) is 0 Å². The van der Waals surface area contributed by atoms with Gasteiger partial charge in [-0.1, -0.05) is 30.3 Å². The van der Waals surface area contributed by atoms with E-state index < -0.39 is 17.7 Å². The van der Waals surface area contributed by atoms with Crippen molar-refractivity contribution in [3.05, 3.63) is 35.9 Å². The summed E-state index contributed by atoms with van der Waals surface area (Å²) in [4.78, 5) is 37.7. The lowest BCUT2D eigenvalue weighted by molar-refractivity contribution is -0.211. The lowest BCUT2D eigenvalue weighted by Gasteiger charge is -2.32. The number of amides is 2. The highest BCUT2D eigenvalue weighted by Crippen LogP contribution is 2.15. The van der Waals surface area contributed by atoms with Crippen molar-refractivity contribution in [2.75, 3.05) is 13.1 Å². The highest BCUT2D eigenvalue weighted by Gasteiger charge is 2.38. The SMILES string of the molecule is CC(C)(C(=O)NCCCN)N(C=O)OCc1ccccc1.O=C(O)C(F)(F)F. The van der Waals surface area contributed by atoms with Gasteiger partial charge in [0.1, 0.15) is 12.1 Å². The maximum atomic E-state index is 12.1. The van der Waals surface area contributed by atoms with E-state index in [1.165, 1.54) is 0 Å². The average Bonchev–Trinajstić information content (AvgIpc) is 2.62. The molecule has 0 fully saturated rings. The van der Waals surface area contributed by atoms with E-state index in [4.69, 9.17) is 20.5 Å². The number of carboxylic acid groups (broad SMARTS) is 1. The molecule has 158 valence electrons. The maximum absolute atomic E-state index is 12.1. The second kappa shape index (κ2) is 11.9. The molecular weight excluding hydrogens is 383 g/mol. The first-order chi connectivity index (χ1) is 13.0. The molecule has 1 aromatic carbocycles. The van der Waals surface area contributed by atoms with Crippen molar-refractivity contribution in [3.8, 4) is 0 Å². The van der Waals surface area contributed by atoms with E-state index >= 15 is 0 Å². The molecule has 0 spiro atoms. The summed E-state index contributed by atoms with van der Waals surface area (Å²) < 4.78 is 31.7. The molecule has 8 nitrogen and oxygen atoms in total. The van der Waals surface area contributed by atoms with E-state index in [9.17, 15) is 22.8 Å². The Labute approximate surface area is 160 Å². The summed E-state index contributed by atoms with van der Waals surface area (Å²) in [5.74, 6) is -3.04. The summed E-state index contributed by atoms with van der Waals surface area (Å²) in [6.45, 7) is 4.46. The zero-order valence-corrected chi connectivity index (χ0v) is 15.5. The molecule has 1 aromatic rings. The number of hydrogen-bond donors (Lipinski definition) is 3. The summed E-state index contributed by atoms with van der Waals surface area (Å²) in [5.41, 5.74) is 5.21. The van der Waals surface area contributed by atoms with Gasteiger partial charge in [-0.05, 0) is 32.4 Å². The van der Waals surface area contributed by atoms with E-state index in [-0.39, 0.29) is 12.5 Å². The number of halogens is 3. The Hall–Kier alpha value is -2.66. The third-order valence-corrected chi connectivity index (χ3v) is 3.32. The van der Waals surface area contributed by atoms with Gasteiger partial charge in [-0.25, -0.2) is 9.86 Å². The van der Waals surface area contributed by atoms with Crippen LogP contribution in [0.15, 0.2) is 30.3 Å². The molecule has 0 aromatic heterocycles. The Morgan fingerprint density at radius 2 is 1.79 bits per heavy atom. The minimum Gasteiger partial charge on any atom is -0.475 e.